The Morgan fingerprint density at radius 1 is 0.762 bits per heavy atom. The maximum atomic E-state index is 14.7. The molecular formula is C34H42F2N2O4. The number of carbonyl (C=O) groups is 1. The van der Waals surface area contributed by atoms with Gasteiger partial charge >= 0.3 is 12.0 Å². The molecule has 0 spiro atoms. The van der Waals surface area contributed by atoms with Crippen molar-refractivity contribution in [3.63, 3.8) is 0 Å². The summed E-state index contributed by atoms with van der Waals surface area (Å²) in [5, 5.41) is 0. The van der Waals surface area contributed by atoms with Gasteiger partial charge in [0.1, 0.15) is 5.75 Å². The number of aromatic nitrogens is 2. The minimum atomic E-state index is -1.28. The van der Waals surface area contributed by atoms with Crippen LogP contribution in [0.1, 0.15) is 101 Å². The minimum absolute atomic E-state index is 0.199. The maximum Gasteiger partial charge on any atom is 0.346 e. The van der Waals surface area contributed by atoms with E-state index < -0.39 is 23.2 Å². The summed E-state index contributed by atoms with van der Waals surface area (Å²) in [4.78, 5) is 21.1. The molecule has 1 aliphatic carbocycles. The quantitative estimate of drug-likeness (QED) is 0.0800. The number of esters is 1. The lowest BCUT2D eigenvalue weighted by Crippen LogP contribution is -2.12. The number of hydrogen-bond acceptors (Lipinski definition) is 6. The molecule has 0 radical (unpaired) electrons. The zero-order valence-corrected chi connectivity index (χ0v) is 24.6. The molecule has 1 aliphatic rings. The zero-order chi connectivity index (χ0) is 29.6. The molecule has 0 atom stereocenters. The number of hydrogen-bond donors (Lipinski definition) is 0. The van der Waals surface area contributed by atoms with Gasteiger partial charge in [-0.3, -0.25) is 0 Å². The van der Waals surface area contributed by atoms with Crippen molar-refractivity contribution >= 4 is 5.97 Å². The molecule has 4 rings (SSSR count). The van der Waals surface area contributed by atoms with Crippen molar-refractivity contribution in [2.75, 3.05) is 13.2 Å². The van der Waals surface area contributed by atoms with E-state index in [1.807, 2.05) is 0 Å². The molecule has 0 unspecified atom stereocenters. The van der Waals surface area contributed by atoms with Crippen LogP contribution in [0, 0.1) is 17.6 Å². The smallest absolute Gasteiger partial charge is 0.346 e. The van der Waals surface area contributed by atoms with Gasteiger partial charge in [-0.2, -0.15) is 4.39 Å². The van der Waals surface area contributed by atoms with Gasteiger partial charge in [-0.25, -0.2) is 19.2 Å². The Labute approximate surface area is 247 Å². The van der Waals surface area contributed by atoms with Crippen molar-refractivity contribution < 1.29 is 27.8 Å². The monoisotopic (exact) mass is 580 g/mol. The molecule has 226 valence electrons. The van der Waals surface area contributed by atoms with Crippen molar-refractivity contribution in [2.24, 2.45) is 5.92 Å². The number of carbonyl (C=O) groups excluding carboxylic acids is 1. The van der Waals surface area contributed by atoms with Gasteiger partial charge < -0.3 is 14.2 Å². The van der Waals surface area contributed by atoms with E-state index in [1.165, 1.54) is 63.5 Å². The summed E-state index contributed by atoms with van der Waals surface area (Å²) in [6.07, 6.45) is 18.6. The van der Waals surface area contributed by atoms with E-state index in [9.17, 15) is 13.6 Å². The minimum Gasteiger partial charge on any atom is -0.490 e. The molecule has 1 aromatic heterocycles. The highest BCUT2D eigenvalue weighted by Crippen LogP contribution is 2.34. The molecule has 1 heterocycles. The molecule has 6 nitrogen and oxygen atoms in total. The Hall–Kier alpha value is -3.55. The van der Waals surface area contributed by atoms with Gasteiger partial charge in [-0.05, 0) is 48.6 Å². The summed E-state index contributed by atoms with van der Waals surface area (Å²) >= 11 is 0. The number of rotatable bonds is 19. The number of unbranched alkanes of at least 4 members (excludes halogenated alkanes) is 8. The Morgan fingerprint density at radius 2 is 1.40 bits per heavy atom. The van der Waals surface area contributed by atoms with Gasteiger partial charge in [0, 0.05) is 18.0 Å². The van der Waals surface area contributed by atoms with E-state index in [4.69, 9.17) is 14.2 Å². The average Bonchev–Trinajstić information content (AvgIpc) is 3.83. The lowest BCUT2D eigenvalue weighted by Gasteiger charge is -2.11. The lowest BCUT2D eigenvalue weighted by molar-refractivity contribution is 0.0728. The Morgan fingerprint density at radius 3 is 2.10 bits per heavy atom. The van der Waals surface area contributed by atoms with Gasteiger partial charge in [-0.1, -0.05) is 89.7 Å². The van der Waals surface area contributed by atoms with Crippen LogP contribution in [-0.4, -0.2) is 29.2 Å². The van der Waals surface area contributed by atoms with E-state index in [1.54, 1.807) is 36.7 Å². The van der Waals surface area contributed by atoms with Crippen LogP contribution in [0.3, 0.4) is 0 Å². The molecule has 1 fully saturated rings. The van der Waals surface area contributed by atoms with E-state index in [0.29, 0.717) is 19.2 Å². The maximum absolute atomic E-state index is 14.7. The summed E-state index contributed by atoms with van der Waals surface area (Å²) in [6, 6.07) is 9.41. The Balaban J connectivity index is 1.21. The van der Waals surface area contributed by atoms with Crippen molar-refractivity contribution in [3.05, 3.63) is 66.0 Å². The number of ether oxygens (including phenoxy) is 3. The third-order valence-corrected chi connectivity index (χ3v) is 7.48. The van der Waals surface area contributed by atoms with Crippen LogP contribution in [0.25, 0.3) is 11.1 Å². The summed E-state index contributed by atoms with van der Waals surface area (Å²) in [5.74, 6) is -2.53. The molecule has 42 heavy (non-hydrogen) atoms. The van der Waals surface area contributed by atoms with E-state index >= 15 is 0 Å². The van der Waals surface area contributed by atoms with E-state index in [-0.39, 0.29) is 11.5 Å². The molecule has 0 amide bonds. The van der Waals surface area contributed by atoms with Crippen LogP contribution in [0.15, 0.2) is 48.8 Å². The molecule has 1 saturated carbocycles. The molecule has 0 aliphatic heterocycles. The summed E-state index contributed by atoms with van der Waals surface area (Å²) < 4.78 is 45.6. The summed E-state index contributed by atoms with van der Waals surface area (Å²) in [6.45, 7) is 3.09. The molecule has 3 aromatic rings. The van der Waals surface area contributed by atoms with Crippen molar-refractivity contribution in [1.29, 1.82) is 0 Å². The van der Waals surface area contributed by atoms with Crippen molar-refractivity contribution in [2.45, 2.75) is 90.4 Å². The molecular weight excluding hydrogens is 538 g/mol. The molecule has 8 heteroatoms. The first-order chi connectivity index (χ1) is 20.5. The predicted octanol–water partition coefficient (Wildman–Crippen LogP) is 9.12. The van der Waals surface area contributed by atoms with E-state index in [0.717, 1.165) is 49.1 Å². The molecule has 2 aromatic carbocycles. The van der Waals surface area contributed by atoms with Gasteiger partial charge in [0.25, 0.3) is 0 Å². The number of halogens is 2. The van der Waals surface area contributed by atoms with Gasteiger partial charge in [0.2, 0.25) is 5.82 Å². The van der Waals surface area contributed by atoms with Gasteiger partial charge in [-0.15, -0.1) is 0 Å². The first kappa shape index (κ1) is 31.4. The van der Waals surface area contributed by atoms with E-state index in [2.05, 4.69) is 16.9 Å². The van der Waals surface area contributed by atoms with Crippen LogP contribution >= 0.6 is 0 Å². The second kappa shape index (κ2) is 16.8. The van der Waals surface area contributed by atoms with Crippen molar-refractivity contribution in [3.8, 4) is 28.6 Å². The Kier molecular flexibility index (Phi) is 12.5. The average molecular weight is 581 g/mol. The van der Waals surface area contributed by atoms with Gasteiger partial charge in [0.05, 0.1) is 18.8 Å². The second-order valence-corrected chi connectivity index (χ2v) is 11.0. The van der Waals surface area contributed by atoms with Crippen LogP contribution in [-0.2, 0) is 0 Å². The topological polar surface area (TPSA) is 70.5 Å². The van der Waals surface area contributed by atoms with Crippen LogP contribution in [0.5, 0.6) is 17.5 Å². The highest BCUT2D eigenvalue weighted by molar-refractivity contribution is 5.91. The SMILES string of the molecule is CCCCCCCCOc1ncc(-c2ccc(OC(=O)c3ccc(OCCCCCCC4CC4)c(F)c3F)cc2)cn1. The standard InChI is InChI=1S/C34H42F2N2O4/c1-2-3-4-5-7-11-22-41-34-37-23-27(24-38-34)26-15-17-28(18-16-26)42-33(39)29-19-20-30(32(36)31(29)35)40-21-10-8-6-9-12-25-13-14-25/h15-20,23-25H,2-14,21-22H2,1H3. The van der Waals surface area contributed by atoms with Crippen molar-refractivity contribution in [1.82, 2.24) is 9.97 Å². The number of benzene rings is 2. The molecule has 0 saturated heterocycles. The van der Waals surface area contributed by atoms with Crippen LogP contribution in [0.2, 0.25) is 0 Å². The zero-order valence-electron chi connectivity index (χ0n) is 24.6. The second-order valence-electron chi connectivity index (χ2n) is 11.0. The predicted molar refractivity (Wildman–Crippen MR) is 159 cm³/mol. The summed E-state index contributed by atoms with van der Waals surface area (Å²) in [7, 11) is 0. The highest BCUT2D eigenvalue weighted by Gasteiger charge is 2.22. The van der Waals surface area contributed by atoms with Gasteiger partial charge in [0.15, 0.2) is 11.6 Å². The fourth-order valence-corrected chi connectivity index (χ4v) is 4.74. The number of nitrogens with zero attached hydrogens (tertiary/aromatic N) is 2. The molecule has 0 bridgehead atoms. The lowest BCUT2D eigenvalue weighted by atomic mass is 10.1. The Bertz CT molecular complexity index is 1250. The van der Waals surface area contributed by atoms with Crippen LogP contribution in [0.4, 0.5) is 8.78 Å². The fourth-order valence-electron chi connectivity index (χ4n) is 4.74. The summed E-state index contributed by atoms with van der Waals surface area (Å²) in [5.41, 5.74) is 1.08. The third kappa shape index (κ3) is 10.1. The fraction of sp³-hybridized carbons (Fsp3) is 0.500. The normalized spacial score (nSPS) is 12.7. The van der Waals surface area contributed by atoms with Crippen LogP contribution < -0.4 is 14.2 Å². The first-order valence-corrected chi connectivity index (χ1v) is 15.4. The largest absolute Gasteiger partial charge is 0.490 e. The highest BCUT2D eigenvalue weighted by atomic mass is 19.2. The third-order valence-electron chi connectivity index (χ3n) is 7.48. The molecule has 0 N–H and O–H groups in total. The first-order valence-electron chi connectivity index (χ1n) is 15.4.